The van der Waals surface area contributed by atoms with Crippen LogP contribution < -0.4 is 0 Å². The SMILES string of the molecule is c1ccc(-c2cc(-c3cccc(-c4ccc(-c5cc(-c6ccccc6)nc(-c6ccccc6)n5)cc4)c3)c(-c3ccccc3)c(-c3ccc4oc5ccc6ccccc6c5c4c3)c2)cc1. The summed E-state index contributed by atoms with van der Waals surface area (Å²) < 4.78 is 6.48. The lowest BCUT2D eigenvalue weighted by Crippen LogP contribution is -1.95. The van der Waals surface area contributed by atoms with Crippen LogP contribution >= 0.6 is 0 Å². The molecule has 10 aromatic carbocycles. The maximum Gasteiger partial charge on any atom is 0.160 e. The minimum absolute atomic E-state index is 0.705. The molecule has 0 radical (unpaired) electrons. The zero-order valence-corrected chi connectivity index (χ0v) is 35.4. The second kappa shape index (κ2) is 16.2. The van der Waals surface area contributed by atoms with Crippen molar-refractivity contribution in [3.63, 3.8) is 0 Å². The number of furan rings is 1. The Morgan fingerprint density at radius 1 is 0.277 bits per heavy atom. The van der Waals surface area contributed by atoms with Crippen LogP contribution in [0.15, 0.2) is 247 Å². The van der Waals surface area contributed by atoms with Gasteiger partial charge >= 0.3 is 0 Å². The normalized spacial score (nSPS) is 11.4. The van der Waals surface area contributed by atoms with Crippen molar-refractivity contribution in [2.24, 2.45) is 0 Å². The molecule has 0 spiro atoms. The molecular formula is C62H40N2O. The first-order valence-electron chi connectivity index (χ1n) is 22.0. The lowest BCUT2D eigenvalue weighted by molar-refractivity contribution is 0.669. The number of hydrogen-bond acceptors (Lipinski definition) is 3. The molecule has 65 heavy (non-hydrogen) atoms. The minimum atomic E-state index is 0.705. The van der Waals surface area contributed by atoms with Crippen molar-refractivity contribution < 1.29 is 4.42 Å². The van der Waals surface area contributed by atoms with Crippen molar-refractivity contribution in [3.8, 4) is 89.5 Å². The second-order valence-electron chi connectivity index (χ2n) is 16.5. The number of aromatic nitrogens is 2. The van der Waals surface area contributed by atoms with Gasteiger partial charge in [-0.3, -0.25) is 0 Å². The van der Waals surface area contributed by atoms with Gasteiger partial charge in [-0.05, 0) is 109 Å². The van der Waals surface area contributed by atoms with Crippen LogP contribution in [0.2, 0.25) is 0 Å². The molecule has 0 N–H and O–H groups in total. The van der Waals surface area contributed by atoms with E-state index >= 15 is 0 Å². The van der Waals surface area contributed by atoms with Gasteiger partial charge in [0.05, 0.1) is 11.4 Å². The molecule has 12 aromatic rings. The molecule has 304 valence electrons. The van der Waals surface area contributed by atoms with Gasteiger partial charge in [-0.2, -0.15) is 0 Å². The van der Waals surface area contributed by atoms with Crippen LogP contribution in [0.25, 0.3) is 122 Å². The first kappa shape index (κ1) is 38.0. The number of rotatable bonds is 8. The molecule has 12 rings (SSSR count). The van der Waals surface area contributed by atoms with Crippen LogP contribution in [0.1, 0.15) is 0 Å². The van der Waals surface area contributed by atoms with Crippen molar-refractivity contribution in [2.75, 3.05) is 0 Å². The predicted molar refractivity (Wildman–Crippen MR) is 270 cm³/mol. The molecule has 3 heteroatoms. The highest BCUT2D eigenvalue weighted by Gasteiger charge is 2.20. The highest BCUT2D eigenvalue weighted by Crippen LogP contribution is 2.46. The van der Waals surface area contributed by atoms with E-state index in [-0.39, 0.29) is 0 Å². The summed E-state index contributed by atoms with van der Waals surface area (Å²) in [5.41, 5.74) is 18.1. The van der Waals surface area contributed by atoms with Gasteiger partial charge < -0.3 is 4.42 Å². The number of hydrogen-bond donors (Lipinski definition) is 0. The van der Waals surface area contributed by atoms with Crippen molar-refractivity contribution in [1.29, 1.82) is 0 Å². The van der Waals surface area contributed by atoms with Crippen LogP contribution in [0, 0.1) is 0 Å². The lowest BCUT2D eigenvalue weighted by Gasteiger charge is -2.20. The Morgan fingerprint density at radius 2 is 0.769 bits per heavy atom. The molecule has 2 heterocycles. The van der Waals surface area contributed by atoms with E-state index in [2.05, 4.69) is 206 Å². The maximum atomic E-state index is 6.48. The van der Waals surface area contributed by atoms with Gasteiger partial charge in [-0.15, -0.1) is 0 Å². The molecule has 0 saturated carbocycles. The molecule has 0 fully saturated rings. The zero-order valence-electron chi connectivity index (χ0n) is 35.4. The fraction of sp³-hybridized carbons (Fsp3) is 0. The largest absolute Gasteiger partial charge is 0.456 e. The molecule has 3 nitrogen and oxygen atoms in total. The maximum absolute atomic E-state index is 6.48. The fourth-order valence-corrected chi connectivity index (χ4v) is 9.29. The molecule has 0 aliphatic rings. The Hall–Kier alpha value is -8.66. The van der Waals surface area contributed by atoms with E-state index < -0.39 is 0 Å². The van der Waals surface area contributed by atoms with Crippen LogP contribution in [0.5, 0.6) is 0 Å². The van der Waals surface area contributed by atoms with Gasteiger partial charge in [0.15, 0.2) is 5.82 Å². The molecule has 0 atom stereocenters. The first-order valence-corrected chi connectivity index (χ1v) is 22.0. The van der Waals surface area contributed by atoms with Gasteiger partial charge in [-0.25, -0.2) is 9.97 Å². The van der Waals surface area contributed by atoms with E-state index in [0.29, 0.717) is 5.82 Å². The van der Waals surface area contributed by atoms with E-state index in [1.165, 1.54) is 16.3 Å². The van der Waals surface area contributed by atoms with Crippen LogP contribution in [-0.2, 0) is 0 Å². The van der Waals surface area contributed by atoms with E-state index in [9.17, 15) is 0 Å². The summed E-state index contributed by atoms with van der Waals surface area (Å²) in [6.07, 6.45) is 0. The zero-order chi connectivity index (χ0) is 43.1. The highest BCUT2D eigenvalue weighted by molar-refractivity contribution is 6.19. The van der Waals surface area contributed by atoms with Gasteiger partial charge in [0.2, 0.25) is 0 Å². The Bertz CT molecular complexity index is 3620. The summed E-state index contributed by atoms with van der Waals surface area (Å²) in [4.78, 5) is 10.1. The molecule has 0 unspecified atom stereocenters. The quantitative estimate of drug-likeness (QED) is 0.153. The molecule has 0 amide bonds. The third-order valence-electron chi connectivity index (χ3n) is 12.5. The molecule has 0 saturated heterocycles. The van der Waals surface area contributed by atoms with Gasteiger partial charge in [-0.1, -0.05) is 200 Å². The van der Waals surface area contributed by atoms with Gasteiger partial charge in [0, 0.05) is 27.5 Å². The topological polar surface area (TPSA) is 38.9 Å². The smallest absolute Gasteiger partial charge is 0.160 e. The molecule has 2 aromatic heterocycles. The summed E-state index contributed by atoms with van der Waals surface area (Å²) in [5, 5.41) is 4.65. The molecule has 0 bridgehead atoms. The van der Waals surface area contributed by atoms with Crippen LogP contribution in [-0.4, -0.2) is 9.97 Å². The van der Waals surface area contributed by atoms with E-state index in [0.717, 1.165) is 100 Å². The summed E-state index contributed by atoms with van der Waals surface area (Å²) >= 11 is 0. The molecule has 0 aliphatic heterocycles. The highest BCUT2D eigenvalue weighted by atomic mass is 16.3. The van der Waals surface area contributed by atoms with Crippen molar-refractivity contribution >= 4 is 32.7 Å². The van der Waals surface area contributed by atoms with Crippen LogP contribution in [0.4, 0.5) is 0 Å². The van der Waals surface area contributed by atoms with Gasteiger partial charge in [0.1, 0.15) is 11.2 Å². The monoisotopic (exact) mass is 828 g/mol. The predicted octanol–water partition coefficient (Wildman–Crippen LogP) is 16.9. The van der Waals surface area contributed by atoms with Crippen molar-refractivity contribution in [3.05, 3.63) is 243 Å². The van der Waals surface area contributed by atoms with Crippen molar-refractivity contribution in [2.45, 2.75) is 0 Å². The third kappa shape index (κ3) is 7.16. The average Bonchev–Trinajstić information content (AvgIpc) is 3.78. The van der Waals surface area contributed by atoms with Crippen LogP contribution in [0.3, 0.4) is 0 Å². The Kier molecular flexibility index (Phi) is 9.50. The average molecular weight is 829 g/mol. The van der Waals surface area contributed by atoms with E-state index in [4.69, 9.17) is 14.4 Å². The standard InChI is InChI=1S/C62H40N2O/c1-5-16-41(17-6-1)51-38-53(60(46-21-9-3-10-22-46)54(39-51)50-33-34-58-55(37-50)61-52-27-14-13-18-43(52)32-35-59(61)65-58)49-26-15-25-48(36-49)42-28-30-45(31-29-42)57-40-56(44-19-7-2-8-20-44)63-62(64-57)47-23-11-4-12-24-47/h1-40H. The Balaban J connectivity index is 1.00. The Morgan fingerprint density at radius 3 is 1.46 bits per heavy atom. The second-order valence-corrected chi connectivity index (χ2v) is 16.5. The van der Waals surface area contributed by atoms with Crippen molar-refractivity contribution in [1.82, 2.24) is 9.97 Å². The first-order chi connectivity index (χ1) is 32.2. The molecule has 0 aliphatic carbocycles. The third-order valence-corrected chi connectivity index (χ3v) is 12.5. The Labute approximate surface area is 377 Å². The number of benzene rings is 10. The summed E-state index contributed by atoms with van der Waals surface area (Å²) in [6, 6.07) is 86.1. The van der Waals surface area contributed by atoms with E-state index in [1.54, 1.807) is 0 Å². The minimum Gasteiger partial charge on any atom is -0.456 e. The number of fused-ring (bicyclic) bond motifs is 5. The van der Waals surface area contributed by atoms with E-state index in [1.807, 2.05) is 36.4 Å². The van der Waals surface area contributed by atoms with Gasteiger partial charge in [0.25, 0.3) is 0 Å². The lowest BCUT2D eigenvalue weighted by atomic mass is 9.84. The molecular weight excluding hydrogens is 789 g/mol. The summed E-state index contributed by atoms with van der Waals surface area (Å²) in [5.74, 6) is 0.705. The fourth-order valence-electron chi connectivity index (χ4n) is 9.29. The summed E-state index contributed by atoms with van der Waals surface area (Å²) in [7, 11) is 0. The number of nitrogens with zero attached hydrogens (tertiary/aromatic N) is 2. The summed E-state index contributed by atoms with van der Waals surface area (Å²) in [6.45, 7) is 0.